The number of nitrogens with two attached hydrogens (primary N) is 1. The lowest BCUT2D eigenvalue weighted by Gasteiger charge is -2.45. The molecule has 1 aliphatic carbocycles. The van der Waals surface area contributed by atoms with E-state index in [0.29, 0.717) is 22.0 Å². The number of allylic oxidation sites excluding steroid dienone is 1. The molecule has 1 spiro atoms. The second-order valence-electron chi connectivity index (χ2n) is 7.29. The molecule has 0 radical (unpaired) electrons. The van der Waals surface area contributed by atoms with Gasteiger partial charge in [-0.3, -0.25) is 9.59 Å². The van der Waals surface area contributed by atoms with Gasteiger partial charge in [-0.2, -0.15) is 5.26 Å². The number of hydrogen-bond donors (Lipinski definition) is 1. The van der Waals surface area contributed by atoms with Gasteiger partial charge in [0.05, 0.1) is 35.4 Å². The fourth-order valence-electron chi connectivity index (χ4n) is 4.78. The van der Waals surface area contributed by atoms with Crippen LogP contribution in [0.4, 0.5) is 5.69 Å². The second kappa shape index (κ2) is 6.61. The molecule has 2 amide bonds. The molecule has 2 N–H and O–H groups in total. The van der Waals surface area contributed by atoms with Crippen LogP contribution in [0.1, 0.15) is 32.1 Å². The van der Waals surface area contributed by atoms with Crippen molar-refractivity contribution in [3.8, 4) is 11.8 Å². The van der Waals surface area contributed by atoms with Crippen LogP contribution in [0.15, 0.2) is 34.9 Å². The summed E-state index contributed by atoms with van der Waals surface area (Å²) < 4.78 is 5.16. The summed E-state index contributed by atoms with van der Waals surface area (Å²) in [5, 5.41) is 9.61. The van der Waals surface area contributed by atoms with Gasteiger partial charge in [0.2, 0.25) is 11.8 Å². The fourth-order valence-corrected chi connectivity index (χ4v) is 6.14. The number of fused-ring (bicyclic) bond motifs is 2. The van der Waals surface area contributed by atoms with Gasteiger partial charge in [0.15, 0.2) is 0 Å². The summed E-state index contributed by atoms with van der Waals surface area (Å²) in [7, 11) is 1.57. The number of carbonyl (C=O) groups excluding carboxylic acids is 2. The highest BCUT2D eigenvalue weighted by molar-refractivity contribution is 8.04. The van der Waals surface area contributed by atoms with Crippen molar-refractivity contribution in [2.75, 3.05) is 12.0 Å². The molecule has 4 rings (SSSR count). The van der Waals surface area contributed by atoms with Gasteiger partial charge in [-0.25, -0.2) is 4.90 Å². The zero-order chi connectivity index (χ0) is 19.2. The third-order valence-corrected chi connectivity index (χ3v) is 7.22. The van der Waals surface area contributed by atoms with Crippen molar-refractivity contribution < 1.29 is 14.3 Å². The first-order valence-electron chi connectivity index (χ1n) is 9.12. The molecule has 1 aromatic carbocycles. The third kappa shape index (κ3) is 2.54. The van der Waals surface area contributed by atoms with Crippen LogP contribution in [0.25, 0.3) is 0 Å². The molecular formula is C20H21N3O3S. The average molecular weight is 383 g/mol. The number of rotatable bonds is 2. The smallest absolute Gasteiger partial charge is 0.248 e. The molecule has 7 heteroatoms. The summed E-state index contributed by atoms with van der Waals surface area (Å²) in [4.78, 5) is 27.9. The SMILES string of the molecule is COc1ccc(N2C(=O)[C@H]3SC(N)=C(C#N)C4(CCCCC4)[C@@H]3C2=O)cc1. The molecule has 0 unspecified atom stereocenters. The highest BCUT2D eigenvalue weighted by Crippen LogP contribution is 2.59. The normalized spacial score (nSPS) is 26.9. The molecule has 1 aromatic rings. The number of anilines is 1. The first-order valence-corrected chi connectivity index (χ1v) is 10.0. The highest BCUT2D eigenvalue weighted by atomic mass is 32.2. The Morgan fingerprint density at radius 2 is 1.85 bits per heavy atom. The number of imide groups is 1. The van der Waals surface area contributed by atoms with Crippen LogP contribution in [0.3, 0.4) is 0 Å². The number of carbonyl (C=O) groups is 2. The highest BCUT2D eigenvalue weighted by Gasteiger charge is 2.62. The number of benzene rings is 1. The largest absolute Gasteiger partial charge is 0.497 e. The number of methoxy groups -OCH3 is 1. The minimum atomic E-state index is -0.610. The molecule has 2 atom stereocenters. The van der Waals surface area contributed by atoms with E-state index in [4.69, 9.17) is 10.5 Å². The Bertz CT molecular complexity index is 865. The van der Waals surface area contributed by atoms with E-state index in [9.17, 15) is 14.9 Å². The zero-order valence-electron chi connectivity index (χ0n) is 15.1. The van der Waals surface area contributed by atoms with Crippen molar-refractivity contribution in [2.45, 2.75) is 37.4 Å². The van der Waals surface area contributed by atoms with E-state index in [-0.39, 0.29) is 11.8 Å². The molecule has 2 heterocycles. The van der Waals surface area contributed by atoms with Gasteiger partial charge in [-0.05, 0) is 37.1 Å². The summed E-state index contributed by atoms with van der Waals surface area (Å²) in [5.41, 5.74) is 6.63. The van der Waals surface area contributed by atoms with E-state index in [2.05, 4.69) is 6.07 Å². The number of nitrogens with zero attached hydrogens (tertiary/aromatic N) is 2. The maximum Gasteiger partial charge on any atom is 0.248 e. The number of ether oxygens (including phenoxy) is 1. The minimum absolute atomic E-state index is 0.218. The lowest BCUT2D eigenvalue weighted by atomic mass is 9.61. The van der Waals surface area contributed by atoms with E-state index in [1.807, 2.05) is 0 Å². The molecule has 140 valence electrons. The van der Waals surface area contributed by atoms with E-state index >= 15 is 0 Å². The summed E-state index contributed by atoms with van der Waals surface area (Å²) in [6.45, 7) is 0. The zero-order valence-corrected chi connectivity index (χ0v) is 15.9. The van der Waals surface area contributed by atoms with Gasteiger partial charge < -0.3 is 10.5 Å². The van der Waals surface area contributed by atoms with E-state index < -0.39 is 16.6 Å². The molecule has 1 saturated carbocycles. The molecule has 6 nitrogen and oxygen atoms in total. The maximum atomic E-state index is 13.4. The van der Waals surface area contributed by atoms with Crippen molar-refractivity contribution >= 4 is 29.3 Å². The van der Waals surface area contributed by atoms with Crippen LogP contribution >= 0.6 is 11.8 Å². The second-order valence-corrected chi connectivity index (χ2v) is 8.48. The summed E-state index contributed by atoms with van der Waals surface area (Å²) in [6.07, 6.45) is 4.42. The molecule has 27 heavy (non-hydrogen) atoms. The standard InChI is InChI=1S/C20H21N3O3S/c1-26-13-7-5-12(6-8-13)23-18(24)15-16(19(23)25)27-17(22)14(11-21)20(15)9-3-2-4-10-20/h5-8,15-16H,2-4,9-10,22H2,1H3/t15-,16-/m0/s1. The van der Waals surface area contributed by atoms with Crippen LogP contribution in [0.5, 0.6) is 5.75 Å². The van der Waals surface area contributed by atoms with Crippen LogP contribution in [-0.2, 0) is 9.59 Å². The molecule has 2 aliphatic heterocycles. The monoisotopic (exact) mass is 383 g/mol. The van der Waals surface area contributed by atoms with Crippen LogP contribution < -0.4 is 15.4 Å². The Balaban J connectivity index is 1.78. The van der Waals surface area contributed by atoms with E-state index in [0.717, 1.165) is 32.1 Å². The van der Waals surface area contributed by atoms with E-state index in [1.165, 1.54) is 16.7 Å². The Labute approximate surface area is 162 Å². The van der Waals surface area contributed by atoms with Gasteiger partial charge in [-0.1, -0.05) is 31.0 Å². The Morgan fingerprint density at radius 1 is 1.19 bits per heavy atom. The van der Waals surface area contributed by atoms with Crippen molar-refractivity contribution in [3.05, 3.63) is 34.9 Å². The third-order valence-electron chi connectivity index (χ3n) is 6.03. The Hall–Kier alpha value is -2.46. The fraction of sp³-hybridized carbons (Fsp3) is 0.450. The lowest BCUT2D eigenvalue weighted by molar-refractivity contribution is -0.124. The summed E-state index contributed by atoms with van der Waals surface area (Å²) in [6, 6.07) is 9.16. The number of hydrogen-bond acceptors (Lipinski definition) is 6. The lowest BCUT2D eigenvalue weighted by Crippen LogP contribution is -2.46. The van der Waals surface area contributed by atoms with Gasteiger partial charge in [0.1, 0.15) is 11.0 Å². The first-order chi connectivity index (χ1) is 13.0. The predicted octanol–water partition coefficient (Wildman–Crippen LogP) is 2.94. The topological polar surface area (TPSA) is 96.4 Å². The quantitative estimate of drug-likeness (QED) is 0.789. The van der Waals surface area contributed by atoms with Crippen LogP contribution in [-0.4, -0.2) is 24.2 Å². The molecule has 0 aromatic heterocycles. The predicted molar refractivity (Wildman–Crippen MR) is 103 cm³/mol. The minimum Gasteiger partial charge on any atom is -0.497 e. The van der Waals surface area contributed by atoms with Gasteiger partial charge in [-0.15, -0.1) is 0 Å². The number of thioether (sulfide) groups is 1. The van der Waals surface area contributed by atoms with Gasteiger partial charge in [0.25, 0.3) is 0 Å². The van der Waals surface area contributed by atoms with Crippen LogP contribution in [0, 0.1) is 22.7 Å². The van der Waals surface area contributed by atoms with Gasteiger partial charge >= 0.3 is 0 Å². The molecule has 3 aliphatic rings. The molecule has 0 bridgehead atoms. The van der Waals surface area contributed by atoms with Crippen LogP contribution in [0.2, 0.25) is 0 Å². The average Bonchev–Trinajstić information content (AvgIpc) is 2.93. The van der Waals surface area contributed by atoms with Crippen molar-refractivity contribution in [1.82, 2.24) is 0 Å². The van der Waals surface area contributed by atoms with Crippen molar-refractivity contribution in [3.63, 3.8) is 0 Å². The Morgan fingerprint density at radius 3 is 2.44 bits per heavy atom. The number of amides is 2. The summed E-state index contributed by atoms with van der Waals surface area (Å²) >= 11 is 1.17. The Kier molecular flexibility index (Phi) is 4.39. The van der Waals surface area contributed by atoms with Crippen molar-refractivity contribution in [2.24, 2.45) is 17.1 Å². The molecular weight excluding hydrogens is 362 g/mol. The van der Waals surface area contributed by atoms with E-state index in [1.54, 1.807) is 31.4 Å². The van der Waals surface area contributed by atoms with Gasteiger partial charge in [0, 0.05) is 5.41 Å². The maximum absolute atomic E-state index is 13.4. The molecule has 2 fully saturated rings. The van der Waals surface area contributed by atoms with Crippen molar-refractivity contribution in [1.29, 1.82) is 5.26 Å². The molecule has 1 saturated heterocycles. The summed E-state index contributed by atoms with van der Waals surface area (Å²) in [5.74, 6) is -0.333. The number of nitriles is 1. The first kappa shape index (κ1) is 17.9.